The third-order valence-corrected chi connectivity index (χ3v) is 3.49. The molecule has 20 heavy (non-hydrogen) atoms. The highest BCUT2D eigenvalue weighted by Crippen LogP contribution is 2.28. The lowest BCUT2D eigenvalue weighted by atomic mass is 10.1. The van der Waals surface area contributed by atoms with Crippen molar-refractivity contribution in [3.8, 4) is 5.75 Å². The first-order chi connectivity index (χ1) is 9.70. The molecule has 0 bridgehead atoms. The van der Waals surface area contributed by atoms with E-state index in [2.05, 4.69) is 26.6 Å². The Morgan fingerprint density at radius 1 is 1.25 bits per heavy atom. The van der Waals surface area contributed by atoms with Gasteiger partial charge in [0.05, 0.1) is 5.69 Å². The Hall–Kier alpha value is -2.01. The first kappa shape index (κ1) is 13.0. The lowest BCUT2D eigenvalue weighted by Crippen LogP contribution is -2.25. The Morgan fingerprint density at radius 3 is 3.00 bits per heavy atom. The van der Waals surface area contributed by atoms with E-state index in [0.717, 1.165) is 27.2 Å². The maximum absolute atomic E-state index is 11.3. The van der Waals surface area contributed by atoms with Crippen LogP contribution < -0.4 is 15.4 Å². The quantitative estimate of drug-likeness (QED) is 0.905. The molecular formula is C15H13BrN2O2. The number of halogens is 1. The molecule has 3 rings (SSSR count). The minimum Gasteiger partial charge on any atom is -0.482 e. The van der Waals surface area contributed by atoms with Crippen LogP contribution in [0.15, 0.2) is 46.9 Å². The summed E-state index contributed by atoms with van der Waals surface area (Å²) in [5.74, 6) is 0.602. The monoisotopic (exact) mass is 332 g/mol. The molecule has 0 spiro atoms. The van der Waals surface area contributed by atoms with Gasteiger partial charge >= 0.3 is 0 Å². The van der Waals surface area contributed by atoms with E-state index in [4.69, 9.17) is 4.74 Å². The number of ether oxygens (including phenoxy) is 1. The number of anilines is 2. The molecule has 102 valence electrons. The summed E-state index contributed by atoms with van der Waals surface area (Å²) < 4.78 is 6.37. The third kappa shape index (κ3) is 2.93. The van der Waals surface area contributed by atoms with Gasteiger partial charge in [-0.15, -0.1) is 0 Å². The second-order valence-corrected chi connectivity index (χ2v) is 5.45. The van der Waals surface area contributed by atoms with Gasteiger partial charge in [0, 0.05) is 16.7 Å². The van der Waals surface area contributed by atoms with Gasteiger partial charge < -0.3 is 15.4 Å². The molecule has 0 saturated carbocycles. The van der Waals surface area contributed by atoms with E-state index >= 15 is 0 Å². The standard InChI is InChI=1S/C15H13BrN2O2/c16-11-2-1-3-12(7-11)17-8-10-4-5-14-13(6-10)18-15(19)9-20-14/h1-7,17H,8-9H2,(H,18,19). The van der Waals surface area contributed by atoms with Crippen molar-refractivity contribution in [1.82, 2.24) is 0 Å². The van der Waals surface area contributed by atoms with Crippen molar-refractivity contribution in [2.45, 2.75) is 6.54 Å². The molecule has 0 unspecified atom stereocenters. The summed E-state index contributed by atoms with van der Waals surface area (Å²) in [6.07, 6.45) is 0. The van der Waals surface area contributed by atoms with Gasteiger partial charge in [0.1, 0.15) is 5.75 Å². The number of rotatable bonds is 3. The first-order valence-corrected chi connectivity index (χ1v) is 7.05. The van der Waals surface area contributed by atoms with Crippen LogP contribution in [0.2, 0.25) is 0 Å². The normalized spacial score (nSPS) is 13.2. The molecular weight excluding hydrogens is 320 g/mol. The molecule has 5 heteroatoms. The Bertz CT molecular complexity index is 658. The van der Waals surface area contributed by atoms with Crippen LogP contribution in [0, 0.1) is 0 Å². The second kappa shape index (κ2) is 5.54. The summed E-state index contributed by atoms with van der Waals surface area (Å²) in [6, 6.07) is 13.8. The van der Waals surface area contributed by atoms with Gasteiger partial charge in [0.25, 0.3) is 5.91 Å². The van der Waals surface area contributed by atoms with Crippen molar-refractivity contribution in [3.63, 3.8) is 0 Å². The Morgan fingerprint density at radius 2 is 2.15 bits per heavy atom. The molecule has 4 nitrogen and oxygen atoms in total. The minimum atomic E-state index is -0.116. The fraction of sp³-hybridized carbons (Fsp3) is 0.133. The van der Waals surface area contributed by atoms with Gasteiger partial charge in [0.15, 0.2) is 6.61 Å². The minimum absolute atomic E-state index is 0.0860. The van der Waals surface area contributed by atoms with Crippen molar-refractivity contribution in [3.05, 3.63) is 52.5 Å². The van der Waals surface area contributed by atoms with E-state index in [-0.39, 0.29) is 12.5 Å². The zero-order valence-electron chi connectivity index (χ0n) is 10.7. The number of nitrogens with one attached hydrogen (secondary N) is 2. The summed E-state index contributed by atoms with van der Waals surface area (Å²) in [7, 11) is 0. The van der Waals surface area contributed by atoms with Gasteiger partial charge in [-0.25, -0.2) is 0 Å². The van der Waals surface area contributed by atoms with E-state index in [1.54, 1.807) is 0 Å². The zero-order chi connectivity index (χ0) is 13.9. The molecule has 2 aromatic rings. The number of amides is 1. The predicted octanol–water partition coefficient (Wildman–Crippen LogP) is 3.39. The molecule has 1 aliphatic heterocycles. The summed E-state index contributed by atoms with van der Waals surface area (Å²) in [4.78, 5) is 11.3. The van der Waals surface area contributed by atoms with Crippen molar-refractivity contribution >= 4 is 33.2 Å². The van der Waals surface area contributed by atoms with Crippen molar-refractivity contribution in [1.29, 1.82) is 0 Å². The molecule has 0 aliphatic carbocycles. The SMILES string of the molecule is O=C1COc2ccc(CNc3cccc(Br)c3)cc2N1. The summed E-state index contributed by atoms with van der Waals surface area (Å²) in [6.45, 7) is 0.766. The summed E-state index contributed by atoms with van der Waals surface area (Å²) in [5, 5.41) is 6.14. The van der Waals surface area contributed by atoms with Crippen LogP contribution in [0.4, 0.5) is 11.4 Å². The van der Waals surface area contributed by atoms with Gasteiger partial charge in [-0.05, 0) is 35.9 Å². The molecule has 2 aromatic carbocycles. The van der Waals surface area contributed by atoms with E-state index in [0.29, 0.717) is 6.54 Å². The Kier molecular flexibility index (Phi) is 3.60. The number of fused-ring (bicyclic) bond motifs is 1. The maximum atomic E-state index is 11.3. The average molecular weight is 333 g/mol. The molecule has 1 amide bonds. The smallest absolute Gasteiger partial charge is 0.262 e. The van der Waals surface area contributed by atoms with Crippen LogP contribution in [-0.4, -0.2) is 12.5 Å². The van der Waals surface area contributed by atoms with Gasteiger partial charge in [-0.1, -0.05) is 28.1 Å². The first-order valence-electron chi connectivity index (χ1n) is 6.26. The van der Waals surface area contributed by atoms with Crippen LogP contribution in [0.25, 0.3) is 0 Å². The van der Waals surface area contributed by atoms with E-state index in [1.165, 1.54) is 0 Å². The van der Waals surface area contributed by atoms with E-state index in [1.807, 2.05) is 42.5 Å². The van der Waals surface area contributed by atoms with Crippen molar-refractivity contribution in [2.24, 2.45) is 0 Å². The zero-order valence-corrected chi connectivity index (χ0v) is 12.2. The number of carbonyl (C=O) groups is 1. The lowest BCUT2D eigenvalue weighted by Gasteiger charge is -2.18. The molecule has 1 aliphatic rings. The van der Waals surface area contributed by atoms with Crippen LogP contribution in [0.1, 0.15) is 5.56 Å². The number of carbonyl (C=O) groups excluding carboxylic acids is 1. The average Bonchev–Trinajstić information content (AvgIpc) is 2.45. The molecule has 0 atom stereocenters. The highest BCUT2D eigenvalue weighted by atomic mass is 79.9. The highest BCUT2D eigenvalue weighted by molar-refractivity contribution is 9.10. The van der Waals surface area contributed by atoms with Crippen LogP contribution in [-0.2, 0) is 11.3 Å². The van der Waals surface area contributed by atoms with Gasteiger partial charge in [0.2, 0.25) is 0 Å². The summed E-state index contributed by atoms with van der Waals surface area (Å²) >= 11 is 3.44. The molecule has 0 fully saturated rings. The van der Waals surface area contributed by atoms with Crippen molar-refractivity contribution < 1.29 is 9.53 Å². The highest BCUT2D eigenvalue weighted by Gasteiger charge is 2.15. The van der Waals surface area contributed by atoms with E-state index in [9.17, 15) is 4.79 Å². The molecule has 0 radical (unpaired) electrons. The van der Waals surface area contributed by atoms with Crippen molar-refractivity contribution in [2.75, 3.05) is 17.2 Å². The van der Waals surface area contributed by atoms with E-state index < -0.39 is 0 Å². The largest absolute Gasteiger partial charge is 0.482 e. The van der Waals surface area contributed by atoms with Gasteiger partial charge in [-0.2, -0.15) is 0 Å². The number of hydrogen-bond acceptors (Lipinski definition) is 3. The Labute approximate surface area is 125 Å². The summed E-state index contributed by atoms with van der Waals surface area (Å²) in [5.41, 5.74) is 2.85. The Balaban J connectivity index is 1.72. The molecule has 0 saturated heterocycles. The fourth-order valence-electron chi connectivity index (χ4n) is 2.04. The van der Waals surface area contributed by atoms with Crippen LogP contribution >= 0.6 is 15.9 Å². The molecule has 1 heterocycles. The van der Waals surface area contributed by atoms with Crippen LogP contribution in [0.5, 0.6) is 5.75 Å². The fourth-order valence-corrected chi connectivity index (χ4v) is 2.44. The van der Waals surface area contributed by atoms with Gasteiger partial charge in [-0.3, -0.25) is 4.79 Å². The van der Waals surface area contributed by atoms with Crippen LogP contribution in [0.3, 0.4) is 0 Å². The maximum Gasteiger partial charge on any atom is 0.262 e. The number of benzene rings is 2. The second-order valence-electron chi connectivity index (χ2n) is 4.53. The number of hydrogen-bond donors (Lipinski definition) is 2. The third-order valence-electron chi connectivity index (χ3n) is 3.00. The predicted molar refractivity (Wildman–Crippen MR) is 82.0 cm³/mol. The topological polar surface area (TPSA) is 50.4 Å². The molecule has 2 N–H and O–H groups in total. The lowest BCUT2D eigenvalue weighted by molar-refractivity contribution is -0.118. The molecule has 0 aromatic heterocycles.